The maximum Gasteiger partial charge on any atom is 0.0821 e. The predicted molar refractivity (Wildman–Crippen MR) is 63.0 cm³/mol. The van der Waals surface area contributed by atoms with E-state index in [4.69, 9.17) is 0 Å². The first-order valence-corrected chi connectivity index (χ1v) is 5.09. The third kappa shape index (κ3) is 4.83. The molecule has 0 atom stereocenters. The number of nitrogens with zero attached hydrogens (tertiary/aromatic N) is 1. The van der Waals surface area contributed by atoms with E-state index in [0.29, 0.717) is 0 Å². The maximum atomic E-state index is 2.23. The van der Waals surface area contributed by atoms with Gasteiger partial charge in [0, 0.05) is 6.42 Å². The summed E-state index contributed by atoms with van der Waals surface area (Å²) in [6.45, 7) is 1.17. The zero-order chi connectivity index (χ0) is 10.4. The normalized spacial score (nSPS) is 16.4. The Morgan fingerprint density at radius 2 is 1.57 bits per heavy atom. The van der Waals surface area contributed by atoms with Crippen molar-refractivity contribution in [3.05, 3.63) is 48.1 Å². The van der Waals surface area contributed by atoms with Crippen molar-refractivity contribution in [1.29, 1.82) is 0 Å². The monoisotopic (exact) mass is 190 g/mol. The van der Waals surface area contributed by atoms with Crippen molar-refractivity contribution in [3.8, 4) is 0 Å². The summed E-state index contributed by atoms with van der Waals surface area (Å²) in [5.41, 5.74) is 1.40. The van der Waals surface area contributed by atoms with E-state index in [0.717, 1.165) is 10.9 Å². The van der Waals surface area contributed by atoms with E-state index in [1.807, 2.05) is 6.08 Å². The van der Waals surface area contributed by atoms with Crippen LogP contribution in [0.2, 0.25) is 0 Å². The molecule has 0 unspecified atom stereocenters. The molecule has 1 nitrogen and oxygen atoms in total. The Labute approximate surface area is 87.3 Å². The van der Waals surface area contributed by atoms with Gasteiger partial charge in [-0.15, -0.1) is 0 Å². The third-order valence-electron chi connectivity index (χ3n) is 2.14. The lowest BCUT2D eigenvalue weighted by Crippen LogP contribution is -2.35. The van der Waals surface area contributed by atoms with Crippen LogP contribution in [0, 0.1) is 0 Å². The Hall–Kier alpha value is -1.08. The molecular formula is C13H20N+. The molecule has 1 aliphatic carbocycles. The topological polar surface area (TPSA) is 0 Å². The minimum Gasteiger partial charge on any atom is -0.331 e. The van der Waals surface area contributed by atoms with Crippen molar-refractivity contribution < 1.29 is 4.48 Å². The zero-order valence-corrected chi connectivity index (χ0v) is 9.40. The van der Waals surface area contributed by atoms with Gasteiger partial charge in [-0.05, 0) is 5.57 Å². The van der Waals surface area contributed by atoms with Gasteiger partial charge in [0.05, 0.1) is 27.7 Å². The molecule has 0 N–H and O–H groups in total. The molecule has 0 bridgehead atoms. The second-order valence-electron chi connectivity index (χ2n) is 4.63. The molecule has 0 aromatic rings. The molecule has 0 fully saturated rings. The molecule has 0 aromatic carbocycles. The van der Waals surface area contributed by atoms with Crippen LogP contribution in [-0.4, -0.2) is 32.2 Å². The fraction of sp³-hybridized carbons (Fsp3) is 0.385. The van der Waals surface area contributed by atoms with Gasteiger partial charge in [-0.2, -0.15) is 0 Å². The van der Waals surface area contributed by atoms with Crippen molar-refractivity contribution in [2.45, 2.75) is 6.42 Å². The molecule has 0 saturated carbocycles. The molecular weight excluding hydrogens is 170 g/mol. The van der Waals surface area contributed by atoms with Crippen molar-refractivity contribution in [2.24, 2.45) is 0 Å². The quantitative estimate of drug-likeness (QED) is 0.600. The van der Waals surface area contributed by atoms with Crippen molar-refractivity contribution in [1.82, 2.24) is 0 Å². The second-order valence-corrected chi connectivity index (χ2v) is 4.63. The molecule has 0 aromatic heterocycles. The predicted octanol–water partition coefficient (Wildman–Crippen LogP) is 2.69. The van der Waals surface area contributed by atoms with E-state index >= 15 is 0 Å². The fourth-order valence-electron chi connectivity index (χ4n) is 1.24. The van der Waals surface area contributed by atoms with E-state index in [2.05, 4.69) is 57.6 Å². The number of allylic oxidation sites excluding steroid dienone is 7. The molecule has 0 saturated heterocycles. The summed E-state index contributed by atoms with van der Waals surface area (Å²) in [6.07, 6.45) is 15.9. The van der Waals surface area contributed by atoms with Gasteiger partial charge in [0.2, 0.25) is 0 Å². The Bertz CT molecular complexity index is 285. The molecule has 0 amide bonds. The molecule has 1 rings (SSSR count). The van der Waals surface area contributed by atoms with E-state index in [1.165, 1.54) is 12.1 Å². The maximum absolute atomic E-state index is 2.23. The lowest BCUT2D eigenvalue weighted by molar-refractivity contribution is -0.870. The number of quaternary nitrogens is 1. The minimum absolute atomic E-state index is 1.02. The fourth-order valence-corrected chi connectivity index (χ4v) is 1.24. The van der Waals surface area contributed by atoms with Crippen LogP contribution in [0.15, 0.2) is 48.1 Å². The standard InChI is InChI=1S/C13H20N/c1-14(2,3)12-11-13-9-7-5-4-6-8-10-13/h4-10H,11-12H2,1-3H3/q+1. The highest BCUT2D eigenvalue weighted by atomic mass is 15.3. The summed E-state index contributed by atoms with van der Waals surface area (Å²) < 4.78 is 1.02. The van der Waals surface area contributed by atoms with Gasteiger partial charge in [0.25, 0.3) is 0 Å². The summed E-state index contributed by atoms with van der Waals surface area (Å²) in [4.78, 5) is 0. The first kappa shape index (κ1) is 11.0. The molecule has 1 aliphatic rings. The zero-order valence-electron chi connectivity index (χ0n) is 9.40. The van der Waals surface area contributed by atoms with E-state index < -0.39 is 0 Å². The van der Waals surface area contributed by atoms with Crippen LogP contribution in [0.5, 0.6) is 0 Å². The van der Waals surface area contributed by atoms with Gasteiger partial charge in [0.15, 0.2) is 0 Å². The highest BCUT2D eigenvalue weighted by Gasteiger charge is 2.06. The summed E-state index contributed by atoms with van der Waals surface area (Å²) in [5, 5.41) is 0. The lowest BCUT2D eigenvalue weighted by Gasteiger charge is -2.23. The SMILES string of the molecule is C[N+](C)(C)CCC1=CC=CC=CC=C1. The van der Waals surface area contributed by atoms with Gasteiger partial charge in [0.1, 0.15) is 0 Å². The van der Waals surface area contributed by atoms with Gasteiger partial charge in [-0.3, -0.25) is 0 Å². The number of rotatable bonds is 3. The summed E-state index contributed by atoms with van der Waals surface area (Å²) in [6, 6.07) is 0. The Balaban J connectivity index is 2.52. The van der Waals surface area contributed by atoms with Crippen molar-refractivity contribution in [2.75, 3.05) is 27.7 Å². The molecule has 14 heavy (non-hydrogen) atoms. The van der Waals surface area contributed by atoms with Gasteiger partial charge in [-0.1, -0.05) is 42.5 Å². The van der Waals surface area contributed by atoms with Gasteiger partial charge >= 0.3 is 0 Å². The van der Waals surface area contributed by atoms with Crippen molar-refractivity contribution in [3.63, 3.8) is 0 Å². The Kier molecular flexibility index (Phi) is 3.90. The van der Waals surface area contributed by atoms with Crippen LogP contribution >= 0.6 is 0 Å². The molecule has 1 heteroatoms. The molecule has 0 spiro atoms. The Morgan fingerprint density at radius 1 is 0.929 bits per heavy atom. The number of hydrogen-bond donors (Lipinski definition) is 0. The molecule has 0 heterocycles. The summed E-state index contributed by atoms with van der Waals surface area (Å²) in [5.74, 6) is 0. The number of hydrogen-bond acceptors (Lipinski definition) is 0. The van der Waals surface area contributed by atoms with Crippen LogP contribution < -0.4 is 0 Å². The molecule has 0 radical (unpaired) electrons. The first-order valence-electron chi connectivity index (χ1n) is 5.09. The van der Waals surface area contributed by atoms with Crippen LogP contribution in [0.1, 0.15) is 6.42 Å². The van der Waals surface area contributed by atoms with Crippen LogP contribution in [0.4, 0.5) is 0 Å². The van der Waals surface area contributed by atoms with Gasteiger partial charge < -0.3 is 4.48 Å². The van der Waals surface area contributed by atoms with Gasteiger partial charge in [-0.25, -0.2) is 0 Å². The third-order valence-corrected chi connectivity index (χ3v) is 2.14. The highest BCUT2D eigenvalue weighted by molar-refractivity contribution is 5.30. The average Bonchev–Trinajstić information content (AvgIpc) is 2.00. The van der Waals surface area contributed by atoms with Crippen LogP contribution in [-0.2, 0) is 0 Å². The van der Waals surface area contributed by atoms with E-state index in [-0.39, 0.29) is 0 Å². The Morgan fingerprint density at radius 3 is 2.29 bits per heavy atom. The smallest absolute Gasteiger partial charge is 0.0821 e. The minimum atomic E-state index is 1.02. The van der Waals surface area contributed by atoms with Crippen LogP contribution in [0.25, 0.3) is 0 Å². The van der Waals surface area contributed by atoms with E-state index in [1.54, 1.807) is 0 Å². The average molecular weight is 190 g/mol. The lowest BCUT2D eigenvalue weighted by atomic mass is 10.1. The molecule has 0 aliphatic heterocycles. The largest absolute Gasteiger partial charge is 0.331 e. The second kappa shape index (κ2) is 4.97. The summed E-state index contributed by atoms with van der Waals surface area (Å²) >= 11 is 0. The highest BCUT2D eigenvalue weighted by Crippen LogP contribution is 2.08. The van der Waals surface area contributed by atoms with Crippen molar-refractivity contribution >= 4 is 0 Å². The first-order chi connectivity index (χ1) is 6.58. The van der Waals surface area contributed by atoms with E-state index in [9.17, 15) is 0 Å². The van der Waals surface area contributed by atoms with Crippen LogP contribution in [0.3, 0.4) is 0 Å². The summed E-state index contributed by atoms with van der Waals surface area (Å²) in [7, 11) is 6.68. The molecule has 76 valence electrons.